The van der Waals surface area contributed by atoms with Crippen LogP contribution in [0.2, 0.25) is 0 Å². The highest BCUT2D eigenvalue weighted by atomic mass is 14.9. The highest BCUT2D eigenvalue weighted by Crippen LogP contribution is 2.09. The van der Waals surface area contributed by atoms with E-state index in [1.165, 1.54) is 11.1 Å². The maximum atomic E-state index is 6.15. The summed E-state index contributed by atoms with van der Waals surface area (Å²) in [6.07, 6.45) is 2.99. The average molecular weight is 321 g/mol. The molecule has 0 amide bonds. The molecule has 0 aliphatic rings. The van der Waals surface area contributed by atoms with Crippen LogP contribution in [0, 0.1) is 0 Å². The molecule has 1 aromatic rings. The van der Waals surface area contributed by atoms with Crippen molar-refractivity contribution in [3.63, 3.8) is 0 Å². The minimum Gasteiger partial charge on any atom is -0.326 e. The molecule has 132 valence electrons. The van der Waals surface area contributed by atoms with Gasteiger partial charge in [-0.15, -0.1) is 0 Å². The molecule has 1 unspecified atom stereocenters. The summed E-state index contributed by atoms with van der Waals surface area (Å²) in [5, 5.41) is 6.91. The van der Waals surface area contributed by atoms with Gasteiger partial charge in [0, 0.05) is 24.2 Å². The topological polar surface area (TPSA) is 76.1 Å². The van der Waals surface area contributed by atoms with Crippen LogP contribution in [-0.4, -0.2) is 24.2 Å². The van der Waals surface area contributed by atoms with Gasteiger partial charge in [0.15, 0.2) is 0 Å². The summed E-state index contributed by atoms with van der Waals surface area (Å²) in [4.78, 5) is 0. The van der Waals surface area contributed by atoms with Gasteiger partial charge in [0.25, 0.3) is 0 Å². The molecule has 23 heavy (non-hydrogen) atoms. The van der Waals surface area contributed by atoms with E-state index < -0.39 is 0 Å². The van der Waals surface area contributed by atoms with Crippen molar-refractivity contribution < 1.29 is 0 Å². The Hall–Kier alpha value is -0.940. The second kappa shape index (κ2) is 9.38. The Bertz CT molecular complexity index is 432. The van der Waals surface area contributed by atoms with Crippen molar-refractivity contribution in [1.82, 2.24) is 10.6 Å². The van der Waals surface area contributed by atoms with Gasteiger partial charge in [-0.3, -0.25) is 0 Å². The van der Waals surface area contributed by atoms with Gasteiger partial charge < -0.3 is 22.1 Å². The van der Waals surface area contributed by atoms with Crippen molar-refractivity contribution >= 4 is 0 Å². The largest absolute Gasteiger partial charge is 0.326 e. The Morgan fingerprint density at radius 3 is 1.65 bits per heavy atom. The Kier molecular flexibility index (Phi) is 8.20. The van der Waals surface area contributed by atoms with Crippen molar-refractivity contribution in [3.05, 3.63) is 35.4 Å². The smallest absolute Gasteiger partial charge is 0.0205 e. The van der Waals surface area contributed by atoms with Crippen LogP contribution in [0.15, 0.2) is 24.3 Å². The number of nitrogens with one attached hydrogen (secondary N) is 2. The van der Waals surface area contributed by atoms with Crippen LogP contribution in [-0.2, 0) is 13.1 Å². The highest BCUT2D eigenvalue weighted by Gasteiger charge is 2.14. The normalized spacial score (nSPS) is 14.7. The van der Waals surface area contributed by atoms with Crippen LogP contribution in [0.3, 0.4) is 0 Å². The highest BCUT2D eigenvalue weighted by molar-refractivity contribution is 5.22. The molecule has 6 N–H and O–H groups in total. The lowest BCUT2D eigenvalue weighted by molar-refractivity contribution is 0.405. The first-order valence-electron chi connectivity index (χ1n) is 8.79. The zero-order valence-corrected chi connectivity index (χ0v) is 15.4. The molecule has 1 rings (SSSR count). The van der Waals surface area contributed by atoms with Gasteiger partial charge in [-0.1, -0.05) is 31.2 Å². The first-order valence-corrected chi connectivity index (χ1v) is 8.79. The fourth-order valence-electron chi connectivity index (χ4n) is 2.20. The van der Waals surface area contributed by atoms with Gasteiger partial charge >= 0.3 is 0 Å². The van der Waals surface area contributed by atoms with Crippen molar-refractivity contribution in [3.8, 4) is 0 Å². The Labute approximate surface area is 142 Å². The van der Waals surface area contributed by atoms with Crippen LogP contribution in [0.4, 0.5) is 0 Å². The molecule has 0 aliphatic heterocycles. The SMILES string of the molecule is CCC(C)(N)CCNCc1ccc(CNCCC(C)(C)N)cc1. The van der Waals surface area contributed by atoms with Gasteiger partial charge in [-0.05, 0) is 64.3 Å². The van der Waals surface area contributed by atoms with Crippen LogP contribution in [0.1, 0.15) is 58.1 Å². The minimum absolute atomic E-state index is 0.0549. The third-order valence-electron chi connectivity index (χ3n) is 4.31. The van der Waals surface area contributed by atoms with E-state index in [4.69, 9.17) is 11.5 Å². The lowest BCUT2D eigenvalue weighted by Gasteiger charge is -2.22. The number of nitrogens with two attached hydrogens (primary N) is 2. The first kappa shape index (κ1) is 20.1. The second-order valence-corrected chi connectivity index (χ2v) is 7.67. The molecule has 1 atom stereocenters. The summed E-state index contributed by atoms with van der Waals surface area (Å²) in [7, 11) is 0. The van der Waals surface area contributed by atoms with Crippen LogP contribution in [0.5, 0.6) is 0 Å². The summed E-state index contributed by atoms with van der Waals surface area (Å²) in [5.74, 6) is 0. The molecule has 0 heterocycles. The fraction of sp³-hybridized carbons (Fsp3) is 0.684. The molecule has 0 saturated carbocycles. The molecule has 0 saturated heterocycles. The van der Waals surface area contributed by atoms with Gasteiger partial charge in [0.2, 0.25) is 0 Å². The van der Waals surface area contributed by atoms with E-state index in [9.17, 15) is 0 Å². The fourth-order valence-corrected chi connectivity index (χ4v) is 2.20. The van der Waals surface area contributed by atoms with Crippen molar-refractivity contribution in [2.24, 2.45) is 11.5 Å². The minimum atomic E-state index is -0.0973. The molecule has 0 aromatic heterocycles. The summed E-state index contributed by atoms with van der Waals surface area (Å²) in [5.41, 5.74) is 14.6. The van der Waals surface area contributed by atoms with Crippen molar-refractivity contribution in [2.45, 2.75) is 71.1 Å². The number of hydrogen-bond acceptors (Lipinski definition) is 4. The maximum Gasteiger partial charge on any atom is 0.0205 e. The lowest BCUT2D eigenvalue weighted by Crippen LogP contribution is -2.38. The van der Waals surface area contributed by atoms with Crippen LogP contribution in [0.25, 0.3) is 0 Å². The maximum absolute atomic E-state index is 6.15. The molecule has 0 aliphatic carbocycles. The molecule has 0 radical (unpaired) electrons. The van der Waals surface area contributed by atoms with Crippen LogP contribution < -0.4 is 22.1 Å². The standard InChI is InChI=1S/C19H36N4/c1-5-19(4,21)11-13-23-15-17-8-6-16(7-9-17)14-22-12-10-18(2,3)20/h6-9,22-23H,5,10-15,20-21H2,1-4H3. The molecule has 0 bridgehead atoms. The second-order valence-electron chi connectivity index (χ2n) is 7.67. The van der Waals surface area contributed by atoms with Gasteiger partial charge in [0.05, 0.1) is 0 Å². The predicted octanol–water partition coefficient (Wildman–Crippen LogP) is 2.51. The molecule has 1 aromatic carbocycles. The van der Waals surface area contributed by atoms with E-state index in [2.05, 4.69) is 62.6 Å². The van der Waals surface area contributed by atoms with E-state index in [1.807, 2.05) is 0 Å². The van der Waals surface area contributed by atoms with Gasteiger partial charge in [-0.2, -0.15) is 0 Å². The quantitative estimate of drug-likeness (QED) is 0.473. The summed E-state index contributed by atoms with van der Waals surface area (Å²) < 4.78 is 0. The summed E-state index contributed by atoms with van der Waals surface area (Å²) in [6.45, 7) is 12.1. The predicted molar refractivity (Wildman–Crippen MR) is 100 cm³/mol. The van der Waals surface area contributed by atoms with E-state index in [1.54, 1.807) is 0 Å². The molecular formula is C19H36N4. The van der Waals surface area contributed by atoms with E-state index in [0.29, 0.717) is 0 Å². The van der Waals surface area contributed by atoms with E-state index in [-0.39, 0.29) is 11.1 Å². The summed E-state index contributed by atoms with van der Waals surface area (Å²) >= 11 is 0. The van der Waals surface area contributed by atoms with Crippen LogP contribution >= 0.6 is 0 Å². The van der Waals surface area contributed by atoms with Crippen molar-refractivity contribution in [1.29, 1.82) is 0 Å². The Morgan fingerprint density at radius 1 is 0.826 bits per heavy atom. The number of benzene rings is 1. The molecular weight excluding hydrogens is 284 g/mol. The molecule has 4 nitrogen and oxygen atoms in total. The lowest BCUT2D eigenvalue weighted by atomic mass is 9.96. The first-order chi connectivity index (χ1) is 10.7. The van der Waals surface area contributed by atoms with E-state index in [0.717, 1.165) is 45.4 Å². The van der Waals surface area contributed by atoms with E-state index >= 15 is 0 Å². The summed E-state index contributed by atoms with van der Waals surface area (Å²) in [6, 6.07) is 8.77. The van der Waals surface area contributed by atoms with Gasteiger partial charge in [0.1, 0.15) is 0 Å². The molecule has 0 spiro atoms. The van der Waals surface area contributed by atoms with Gasteiger partial charge in [-0.25, -0.2) is 0 Å². The Morgan fingerprint density at radius 2 is 1.26 bits per heavy atom. The third-order valence-corrected chi connectivity index (χ3v) is 4.31. The monoisotopic (exact) mass is 320 g/mol. The molecule has 0 fully saturated rings. The zero-order chi connectivity index (χ0) is 17.3. The zero-order valence-electron chi connectivity index (χ0n) is 15.4. The average Bonchev–Trinajstić information content (AvgIpc) is 2.48. The number of hydrogen-bond donors (Lipinski definition) is 4. The van der Waals surface area contributed by atoms with Crippen molar-refractivity contribution in [2.75, 3.05) is 13.1 Å². The Balaban J connectivity index is 2.23. The number of rotatable bonds is 11. The third kappa shape index (κ3) is 9.72. The molecule has 4 heteroatoms.